The summed E-state index contributed by atoms with van der Waals surface area (Å²) in [7, 11) is -4.73. The van der Waals surface area contributed by atoms with Crippen molar-refractivity contribution in [2.75, 3.05) is 6.61 Å². The number of allylic oxidation sites excluding steroid dienone is 3. The molecule has 1 fully saturated rings. The first kappa shape index (κ1) is 28.6. The number of hydrogen-bond donors (Lipinski definition) is 1. The molecule has 0 spiro atoms. The lowest BCUT2D eigenvalue weighted by molar-refractivity contribution is -0.234. The number of carbonyl (C=O) groups excluding carboxylic acids is 1. The lowest BCUT2D eigenvalue weighted by Crippen LogP contribution is -2.33. The average Bonchev–Trinajstić information content (AvgIpc) is 3.52. The predicted molar refractivity (Wildman–Crippen MR) is 138 cm³/mol. The number of rotatable bonds is 10. The minimum atomic E-state index is -4.73. The van der Waals surface area contributed by atoms with Gasteiger partial charge in [0.05, 0.1) is 6.61 Å². The fourth-order valence-electron chi connectivity index (χ4n) is 4.58. The van der Waals surface area contributed by atoms with E-state index >= 15 is 0 Å². The number of benzene rings is 1. The number of phenols is 1. The average molecular weight is 520 g/mol. The highest BCUT2D eigenvalue weighted by molar-refractivity contribution is 7.46. The van der Waals surface area contributed by atoms with E-state index in [2.05, 4.69) is 12.7 Å². The molecule has 0 heterocycles. The molecule has 7 nitrogen and oxygen atoms in total. The molecule has 1 aromatic carbocycles. The molecule has 0 bridgehead atoms. The smallest absolute Gasteiger partial charge is 0.344 e. The molecule has 8 heteroatoms. The van der Waals surface area contributed by atoms with Crippen molar-refractivity contribution in [3.63, 3.8) is 0 Å². The maximum Gasteiger partial charge on any atom is 0.344 e. The monoisotopic (exact) mass is 519 g/mol. The second kappa shape index (κ2) is 10.8. The number of aromatic hydroxyl groups is 1. The highest BCUT2D eigenvalue weighted by Gasteiger charge is 2.56. The number of esters is 1. The number of phosphoric acid groups is 1. The van der Waals surface area contributed by atoms with Crippen molar-refractivity contribution in [2.24, 2.45) is 11.3 Å². The zero-order valence-corrected chi connectivity index (χ0v) is 23.3. The van der Waals surface area contributed by atoms with Gasteiger partial charge in [-0.2, -0.15) is 0 Å². The van der Waals surface area contributed by atoms with Crippen LogP contribution in [-0.4, -0.2) is 23.3 Å². The number of hydrogen-bond acceptors (Lipinski definition) is 7. The third-order valence-corrected chi connectivity index (χ3v) is 7.67. The van der Waals surface area contributed by atoms with Crippen molar-refractivity contribution < 1.29 is 33.1 Å². The summed E-state index contributed by atoms with van der Waals surface area (Å²) in [6.45, 7) is 15.6. The van der Waals surface area contributed by atoms with Crippen molar-refractivity contribution in [3.05, 3.63) is 47.1 Å². The van der Waals surface area contributed by atoms with E-state index in [0.717, 1.165) is 30.4 Å². The Morgan fingerprint density at radius 2 is 1.97 bits per heavy atom. The Hall–Kier alpha value is -1.92. The van der Waals surface area contributed by atoms with Crippen molar-refractivity contribution in [3.8, 4) is 11.5 Å². The molecule has 2 aliphatic rings. The molecule has 0 radical (unpaired) electrons. The first-order valence-electron chi connectivity index (χ1n) is 12.7. The van der Waals surface area contributed by atoms with Crippen LogP contribution in [0.1, 0.15) is 90.7 Å². The number of carbonyl (C=O) groups is 1. The molecule has 0 saturated heterocycles. The van der Waals surface area contributed by atoms with Crippen LogP contribution in [0.5, 0.6) is 11.5 Å². The largest absolute Gasteiger partial charge is 0.756 e. The maximum atomic E-state index is 13.3. The molecule has 2 aliphatic carbocycles. The Morgan fingerprint density at radius 3 is 2.53 bits per heavy atom. The van der Waals surface area contributed by atoms with Gasteiger partial charge in [0.15, 0.2) is 5.60 Å². The first-order valence-corrected chi connectivity index (χ1v) is 14.2. The van der Waals surface area contributed by atoms with Gasteiger partial charge in [0, 0.05) is 11.5 Å². The van der Waals surface area contributed by atoms with Gasteiger partial charge in [-0.1, -0.05) is 57.9 Å². The van der Waals surface area contributed by atoms with Crippen molar-refractivity contribution in [2.45, 2.75) is 91.6 Å². The van der Waals surface area contributed by atoms with E-state index in [-0.39, 0.29) is 42.8 Å². The molecule has 200 valence electrons. The van der Waals surface area contributed by atoms with Gasteiger partial charge < -0.3 is 19.3 Å². The SMILES string of the molecule is C=C(C)[C@@H]1CCC(C)=C[C@H]1c1c(O)cc(CCC)cc1OC(=O)C1(OP(=O)([O-])OCC(C)(C)C)CC1. The van der Waals surface area contributed by atoms with Crippen LogP contribution in [0.4, 0.5) is 0 Å². The van der Waals surface area contributed by atoms with Gasteiger partial charge in [-0.25, -0.2) is 4.79 Å². The predicted octanol–water partition coefficient (Wildman–Crippen LogP) is 6.35. The van der Waals surface area contributed by atoms with Gasteiger partial charge in [0.25, 0.3) is 7.82 Å². The van der Waals surface area contributed by atoms with Crippen molar-refractivity contribution in [1.29, 1.82) is 0 Å². The van der Waals surface area contributed by atoms with Gasteiger partial charge >= 0.3 is 5.97 Å². The highest BCUT2D eigenvalue weighted by Crippen LogP contribution is 2.54. The fraction of sp³-hybridized carbons (Fsp3) is 0.607. The fourth-order valence-corrected chi connectivity index (χ4v) is 5.86. The highest BCUT2D eigenvalue weighted by atomic mass is 31.2. The van der Waals surface area contributed by atoms with Gasteiger partial charge in [-0.05, 0) is 75.0 Å². The van der Waals surface area contributed by atoms with Gasteiger partial charge in [-0.15, -0.1) is 0 Å². The van der Waals surface area contributed by atoms with Crippen LogP contribution in [-0.2, 0) is 24.8 Å². The van der Waals surface area contributed by atoms with Gasteiger partial charge in [-0.3, -0.25) is 9.09 Å². The second-order valence-electron chi connectivity index (χ2n) is 11.6. The standard InChI is InChI=1S/C28H41O7P/c1-8-9-20-15-23(29)25(22-14-19(4)10-11-21(22)18(2)3)24(16-20)34-26(30)28(12-13-28)35-36(31,32)33-17-27(5,6)7/h14-16,21-22,29H,2,8-13,17H2,1,3-7H3,(H,31,32)/p-1/t21-,22+/m0/s1. The topological polar surface area (TPSA) is 105 Å². The number of ether oxygens (including phenoxy) is 1. The van der Waals surface area contributed by atoms with Crippen LogP contribution < -0.4 is 9.63 Å². The third-order valence-electron chi connectivity index (χ3n) is 6.65. The zero-order valence-electron chi connectivity index (χ0n) is 22.4. The molecule has 1 unspecified atom stereocenters. The van der Waals surface area contributed by atoms with E-state index in [0.29, 0.717) is 12.0 Å². The Bertz CT molecular complexity index is 1080. The lowest BCUT2D eigenvalue weighted by Gasteiger charge is -2.32. The molecule has 3 rings (SSSR count). The van der Waals surface area contributed by atoms with E-state index in [1.807, 2.05) is 41.5 Å². The summed E-state index contributed by atoms with van der Waals surface area (Å²) in [5.74, 6) is -0.647. The van der Waals surface area contributed by atoms with E-state index in [1.54, 1.807) is 12.1 Å². The van der Waals surface area contributed by atoms with Crippen LogP contribution in [0.3, 0.4) is 0 Å². The van der Waals surface area contributed by atoms with Crippen molar-refractivity contribution >= 4 is 13.8 Å². The number of phenolic OH excluding ortho intramolecular Hbond substituents is 1. The van der Waals surface area contributed by atoms with Crippen LogP contribution in [0.25, 0.3) is 0 Å². The molecule has 3 atom stereocenters. The molecule has 1 N–H and O–H groups in total. The van der Waals surface area contributed by atoms with Crippen LogP contribution in [0, 0.1) is 11.3 Å². The Morgan fingerprint density at radius 1 is 1.31 bits per heavy atom. The quantitative estimate of drug-likeness (QED) is 0.166. The van der Waals surface area contributed by atoms with Crippen molar-refractivity contribution in [1.82, 2.24) is 0 Å². The number of phosphoric ester groups is 1. The molecular weight excluding hydrogens is 479 g/mol. The molecule has 1 saturated carbocycles. The summed E-state index contributed by atoms with van der Waals surface area (Å²) >= 11 is 0. The van der Waals surface area contributed by atoms with Crippen LogP contribution >= 0.6 is 7.82 Å². The van der Waals surface area contributed by atoms with E-state index in [1.165, 1.54) is 5.57 Å². The second-order valence-corrected chi connectivity index (χ2v) is 12.9. The molecule has 1 aromatic rings. The van der Waals surface area contributed by atoms with Gasteiger partial charge in [0.1, 0.15) is 11.5 Å². The molecule has 0 amide bonds. The minimum absolute atomic E-state index is 0.0553. The molecule has 0 aliphatic heterocycles. The summed E-state index contributed by atoms with van der Waals surface area (Å²) in [5.41, 5.74) is 1.53. The normalized spacial score (nSPS) is 22.9. The van der Waals surface area contributed by atoms with Gasteiger partial charge in [0.2, 0.25) is 0 Å². The molecular formula is C28H40O7P-. The third kappa shape index (κ3) is 7.10. The summed E-state index contributed by atoms with van der Waals surface area (Å²) in [6.07, 6.45) is 5.88. The summed E-state index contributed by atoms with van der Waals surface area (Å²) < 4.78 is 28.6. The Kier molecular flexibility index (Phi) is 8.61. The Balaban J connectivity index is 1.93. The minimum Gasteiger partial charge on any atom is -0.756 e. The van der Waals surface area contributed by atoms with Crippen LogP contribution in [0.2, 0.25) is 0 Å². The summed E-state index contributed by atoms with van der Waals surface area (Å²) in [5, 5.41) is 11.1. The maximum absolute atomic E-state index is 13.3. The Labute approximate surface area is 215 Å². The van der Waals surface area contributed by atoms with E-state index in [9.17, 15) is 19.4 Å². The zero-order chi connectivity index (χ0) is 26.9. The van der Waals surface area contributed by atoms with E-state index < -0.39 is 24.8 Å². The molecule has 36 heavy (non-hydrogen) atoms. The lowest BCUT2D eigenvalue weighted by atomic mass is 9.73. The van der Waals surface area contributed by atoms with E-state index in [4.69, 9.17) is 13.8 Å². The number of aryl methyl sites for hydroxylation is 1. The van der Waals surface area contributed by atoms with Crippen LogP contribution in [0.15, 0.2) is 35.9 Å². The molecule has 0 aromatic heterocycles. The summed E-state index contributed by atoms with van der Waals surface area (Å²) in [6, 6.07) is 3.49. The summed E-state index contributed by atoms with van der Waals surface area (Å²) in [4.78, 5) is 25.8. The first-order chi connectivity index (χ1) is 16.7.